The first-order chi connectivity index (χ1) is 10.7. The number of benzene rings is 2. The van der Waals surface area contributed by atoms with Gasteiger partial charge in [-0.1, -0.05) is 44.4 Å². The molecule has 0 aliphatic heterocycles. The molecule has 22 heavy (non-hydrogen) atoms. The summed E-state index contributed by atoms with van der Waals surface area (Å²) >= 11 is 0. The summed E-state index contributed by atoms with van der Waals surface area (Å²) in [6.07, 6.45) is 4.94. The largest absolute Gasteiger partial charge is 0.494 e. The third-order valence-electron chi connectivity index (χ3n) is 3.87. The molecular weight excluding hydrogens is 270 g/mol. The first-order valence-electron chi connectivity index (χ1n) is 8.27. The zero-order valence-corrected chi connectivity index (χ0v) is 14.0. The van der Waals surface area contributed by atoms with E-state index < -0.39 is 0 Å². The van der Waals surface area contributed by atoms with Crippen LogP contribution in [-0.2, 0) is 0 Å². The Kier molecular flexibility index (Phi) is 6.32. The lowest BCUT2D eigenvalue weighted by molar-refractivity contribution is 0.305. The van der Waals surface area contributed by atoms with E-state index in [1.54, 1.807) is 0 Å². The molecule has 0 heterocycles. The minimum Gasteiger partial charge on any atom is -0.494 e. The number of rotatable bonds is 8. The molecule has 118 valence electrons. The second-order valence-electron chi connectivity index (χ2n) is 5.83. The summed E-state index contributed by atoms with van der Waals surface area (Å²) in [5.74, 6) is 0.948. The van der Waals surface area contributed by atoms with Crippen molar-refractivity contribution in [3.63, 3.8) is 0 Å². The van der Waals surface area contributed by atoms with E-state index in [9.17, 15) is 0 Å². The molecule has 0 spiro atoms. The molecule has 0 fully saturated rings. The van der Waals surface area contributed by atoms with Crippen LogP contribution in [0.5, 0.6) is 5.75 Å². The molecule has 0 saturated heterocycles. The standard InChI is InChI=1S/C20H27NO/c1-4-5-6-7-15-22-19-13-11-18(12-14-19)21-20-16(2)9-8-10-17(20)3/h8-14,21H,4-7,15H2,1-3H3. The summed E-state index contributed by atoms with van der Waals surface area (Å²) in [7, 11) is 0. The predicted molar refractivity (Wildman–Crippen MR) is 95.3 cm³/mol. The minimum atomic E-state index is 0.809. The number of hydrogen-bond acceptors (Lipinski definition) is 2. The summed E-state index contributed by atoms with van der Waals surface area (Å²) in [5, 5.41) is 3.50. The zero-order chi connectivity index (χ0) is 15.8. The van der Waals surface area contributed by atoms with Crippen LogP contribution in [0.25, 0.3) is 0 Å². The molecule has 0 aliphatic rings. The van der Waals surface area contributed by atoms with Crippen LogP contribution in [0.1, 0.15) is 43.7 Å². The van der Waals surface area contributed by atoms with E-state index in [2.05, 4.69) is 56.4 Å². The molecule has 1 N–H and O–H groups in total. The second kappa shape index (κ2) is 8.47. The van der Waals surface area contributed by atoms with E-state index in [1.165, 1.54) is 36.1 Å². The van der Waals surface area contributed by atoms with Crippen molar-refractivity contribution in [1.82, 2.24) is 0 Å². The fourth-order valence-corrected chi connectivity index (χ4v) is 2.51. The van der Waals surface area contributed by atoms with Crippen molar-refractivity contribution in [2.75, 3.05) is 11.9 Å². The Morgan fingerprint density at radius 2 is 1.55 bits per heavy atom. The predicted octanol–water partition coefficient (Wildman–Crippen LogP) is 6.01. The van der Waals surface area contributed by atoms with Crippen LogP contribution in [0.4, 0.5) is 11.4 Å². The summed E-state index contributed by atoms with van der Waals surface area (Å²) in [6, 6.07) is 14.6. The van der Waals surface area contributed by atoms with Crippen LogP contribution in [0.3, 0.4) is 0 Å². The lowest BCUT2D eigenvalue weighted by Crippen LogP contribution is -1.98. The number of para-hydroxylation sites is 1. The number of unbranched alkanes of at least 4 members (excludes halogenated alkanes) is 3. The number of hydrogen-bond donors (Lipinski definition) is 1. The Hall–Kier alpha value is -1.96. The van der Waals surface area contributed by atoms with Crippen molar-refractivity contribution in [3.05, 3.63) is 53.6 Å². The van der Waals surface area contributed by atoms with Gasteiger partial charge in [0, 0.05) is 11.4 Å². The van der Waals surface area contributed by atoms with Gasteiger partial charge in [-0.2, -0.15) is 0 Å². The fraction of sp³-hybridized carbons (Fsp3) is 0.400. The molecule has 0 aromatic heterocycles. The zero-order valence-electron chi connectivity index (χ0n) is 14.0. The minimum absolute atomic E-state index is 0.809. The van der Waals surface area contributed by atoms with E-state index in [0.717, 1.165) is 24.5 Å². The van der Waals surface area contributed by atoms with E-state index >= 15 is 0 Å². The van der Waals surface area contributed by atoms with Gasteiger partial charge in [-0.3, -0.25) is 0 Å². The van der Waals surface area contributed by atoms with Crippen LogP contribution in [0, 0.1) is 13.8 Å². The maximum atomic E-state index is 5.78. The Bertz CT molecular complexity index is 555. The van der Waals surface area contributed by atoms with Crippen LogP contribution < -0.4 is 10.1 Å². The topological polar surface area (TPSA) is 21.3 Å². The van der Waals surface area contributed by atoms with Gasteiger partial charge in [0.25, 0.3) is 0 Å². The van der Waals surface area contributed by atoms with Gasteiger partial charge in [-0.05, 0) is 55.7 Å². The normalized spacial score (nSPS) is 10.5. The smallest absolute Gasteiger partial charge is 0.119 e. The van der Waals surface area contributed by atoms with E-state index in [-0.39, 0.29) is 0 Å². The number of nitrogens with one attached hydrogen (secondary N) is 1. The molecule has 0 radical (unpaired) electrons. The molecular formula is C20H27NO. The molecule has 0 amide bonds. The molecule has 0 saturated carbocycles. The number of ether oxygens (including phenoxy) is 1. The van der Waals surface area contributed by atoms with Crippen molar-refractivity contribution < 1.29 is 4.74 Å². The average molecular weight is 297 g/mol. The lowest BCUT2D eigenvalue weighted by atomic mass is 10.1. The third kappa shape index (κ3) is 4.80. The highest BCUT2D eigenvalue weighted by Crippen LogP contribution is 2.25. The van der Waals surface area contributed by atoms with Gasteiger partial charge in [0.15, 0.2) is 0 Å². The van der Waals surface area contributed by atoms with Crippen molar-refractivity contribution in [2.24, 2.45) is 0 Å². The Labute approximate surface area is 134 Å². The molecule has 0 bridgehead atoms. The molecule has 2 aromatic carbocycles. The van der Waals surface area contributed by atoms with Gasteiger partial charge < -0.3 is 10.1 Å². The van der Waals surface area contributed by atoms with E-state index in [1.807, 2.05) is 12.1 Å². The maximum absolute atomic E-state index is 5.78. The number of aryl methyl sites for hydroxylation is 2. The van der Waals surface area contributed by atoms with E-state index in [0.29, 0.717) is 0 Å². The van der Waals surface area contributed by atoms with Gasteiger partial charge in [0.2, 0.25) is 0 Å². The Balaban J connectivity index is 1.89. The summed E-state index contributed by atoms with van der Waals surface area (Å²) in [6.45, 7) is 7.29. The Morgan fingerprint density at radius 1 is 0.864 bits per heavy atom. The first-order valence-corrected chi connectivity index (χ1v) is 8.27. The molecule has 2 nitrogen and oxygen atoms in total. The van der Waals surface area contributed by atoms with Crippen molar-refractivity contribution in [3.8, 4) is 5.75 Å². The summed E-state index contributed by atoms with van der Waals surface area (Å²) in [4.78, 5) is 0. The van der Waals surface area contributed by atoms with Gasteiger partial charge in [-0.15, -0.1) is 0 Å². The molecule has 0 atom stereocenters. The SMILES string of the molecule is CCCCCCOc1ccc(Nc2c(C)cccc2C)cc1. The van der Waals surface area contributed by atoms with Gasteiger partial charge in [0.1, 0.15) is 5.75 Å². The average Bonchev–Trinajstić information content (AvgIpc) is 2.52. The monoisotopic (exact) mass is 297 g/mol. The molecule has 0 aliphatic carbocycles. The van der Waals surface area contributed by atoms with Crippen LogP contribution >= 0.6 is 0 Å². The third-order valence-corrected chi connectivity index (χ3v) is 3.87. The summed E-state index contributed by atoms with van der Waals surface area (Å²) in [5.41, 5.74) is 4.80. The van der Waals surface area contributed by atoms with Gasteiger partial charge in [-0.25, -0.2) is 0 Å². The molecule has 2 aromatic rings. The Morgan fingerprint density at radius 3 is 2.18 bits per heavy atom. The van der Waals surface area contributed by atoms with E-state index in [4.69, 9.17) is 4.74 Å². The fourth-order valence-electron chi connectivity index (χ4n) is 2.51. The quantitative estimate of drug-likeness (QED) is 0.603. The number of anilines is 2. The van der Waals surface area contributed by atoms with Crippen molar-refractivity contribution >= 4 is 11.4 Å². The first kappa shape index (κ1) is 16.4. The summed E-state index contributed by atoms with van der Waals surface area (Å²) < 4.78 is 5.78. The van der Waals surface area contributed by atoms with Crippen molar-refractivity contribution in [1.29, 1.82) is 0 Å². The molecule has 0 unspecified atom stereocenters. The van der Waals surface area contributed by atoms with Gasteiger partial charge in [0.05, 0.1) is 6.61 Å². The van der Waals surface area contributed by atoms with Crippen molar-refractivity contribution in [2.45, 2.75) is 46.5 Å². The second-order valence-corrected chi connectivity index (χ2v) is 5.83. The highest BCUT2D eigenvalue weighted by atomic mass is 16.5. The highest BCUT2D eigenvalue weighted by molar-refractivity contribution is 5.66. The molecule has 2 heteroatoms. The van der Waals surface area contributed by atoms with Crippen LogP contribution in [0.2, 0.25) is 0 Å². The highest BCUT2D eigenvalue weighted by Gasteiger charge is 2.02. The van der Waals surface area contributed by atoms with Crippen LogP contribution in [-0.4, -0.2) is 6.61 Å². The van der Waals surface area contributed by atoms with Crippen LogP contribution in [0.15, 0.2) is 42.5 Å². The van der Waals surface area contributed by atoms with Gasteiger partial charge >= 0.3 is 0 Å². The molecule has 2 rings (SSSR count). The maximum Gasteiger partial charge on any atom is 0.119 e. The lowest BCUT2D eigenvalue weighted by Gasteiger charge is -2.13.